The lowest BCUT2D eigenvalue weighted by molar-refractivity contribution is 0.00194. The lowest BCUT2D eigenvalue weighted by Gasteiger charge is -2.54. The van der Waals surface area contributed by atoms with Crippen molar-refractivity contribution in [2.45, 2.75) is 44.1 Å². The third-order valence-electron chi connectivity index (χ3n) is 5.50. The summed E-state index contributed by atoms with van der Waals surface area (Å²) in [6.45, 7) is 0. The monoisotopic (exact) mass is 273 g/mol. The molecule has 1 N–H and O–H groups in total. The summed E-state index contributed by atoms with van der Waals surface area (Å²) in [4.78, 5) is 4.84. The molecule has 0 aliphatic heterocycles. The second-order valence-corrected chi connectivity index (χ2v) is 7.08. The molecule has 4 aliphatic carbocycles. The van der Waals surface area contributed by atoms with Crippen LogP contribution in [0.3, 0.4) is 0 Å². The predicted molar refractivity (Wildman–Crippen MR) is 76.6 cm³/mol. The SMILES string of the molecule is Oc1c(F)cccc1C=NC12CC3CC(CC(C3)C1)C2. The minimum absolute atomic E-state index is 0.0769. The highest BCUT2D eigenvalue weighted by atomic mass is 19.1. The van der Waals surface area contributed by atoms with E-state index in [2.05, 4.69) is 0 Å². The normalized spacial score (nSPS) is 38.8. The number of phenolic OH excluding ortho intramolecular Hbond substituents is 1. The second-order valence-electron chi connectivity index (χ2n) is 7.08. The van der Waals surface area contributed by atoms with Crippen LogP contribution in [0.4, 0.5) is 4.39 Å². The Hall–Kier alpha value is -1.38. The number of halogens is 1. The number of aliphatic imine (C=N–C) groups is 1. The van der Waals surface area contributed by atoms with Crippen LogP contribution in [-0.2, 0) is 0 Å². The minimum atomic E-state index is -0.570. The number of phenols is 1. The van der Waals surface area contributed by atoms with Gasteiger partial charge in [0.25, 0.3) is 0 Å². The Morgan fingerprint density at radius 3 is 2.30 bits per heavy atom. The average molecular weight is 273 g/mol. The summed E-state index contributed by atoms with van der Waals surface area (Å²) in [6.07, 6.45) is 9.42. The minimum Gasteiger partial charge on any atom is -0.504 e. The lowest BCUT2D eigenvalue weighted by atomic mass is 9.53. The van der Waals surface area contributed by atoms with Crippen LogP contribution in [0, 0.1) is 23.6 Å². The third kappa shape index (κ3) is 1.95. The van der Waals surface area contributed by atoms with E-state index in [1.807, 2.05) is 0 Å². The molecule has 106 valence electrons. The molecule has 0 spiro atoms. The fourth-order valence-corrected chi connectivity index (χ4v) is 5.07. The van der Waals surface area contributed by atoms with Crippen LogP contribution < -0.4 is 0 Å². The van der Waals surface area contributed by atoms with Gasteiger partial charge in [-0.25, -0.2) is 4.39 Å². The first-order valence-corrected chi connectivity index (χ1v) is 7.66. The summed E-state index contributed by atoms with van der Waals surface area (Å²) in [5.74, 6) is 1.69. The highest BCUT2D eigenvalue weighted by Crippen LogP contribution is 2.57. The van der Waals surface area contributed by atoms with Gasteiger partial charge in [0.2, 0.25) is 0 Å². The molecule has 0 unspecified atom stereocenters. The van der Waals surface area contributed by atoms with E-state index in [0.29, 0.717) is 5.56 Å². The fourth-order valence-electron chi connectivity index (χ4n) is 5.07. The van der Waals surface area contributed by atoms with E-state index in [0.717, 1.165) is 17.8 Å². The van der Waals surface area contributed by atoms with Crippen molar-refractivity contribution in [3.05, 3.63) is 29.6 Å². The van der Waals surface area contributed by atoms with Crippen molar-refractivity contribution in [1.29, 1.82) is 0 Å². The quantitative estimate of drug-likeness (QED) is 0.814. The predicted octanol–water partition coefficient (Wildman–Crippen LogP) is 3.92. The Bertz CT molecular complexity index is 531. The molecule has 4 fully saturated rings. The molecule has 0 atom stereocenters. The van der Waals surface area contributed by atoms with Crippen LogP contribution in [-0.4, -0.2) is 16.9 Å². The maximum atomic E-state index is 13.4. The number of aromatic hydroxyl groups is 1. The van der Waals surface area contributed by atoms with Crippen molar-refractivity contribution < 1.29 is 9.50 Å². The Labute approximate surface area is 118 Å². The summed E-state index contributed by atoms with van der Waals surface area (Å²) in [6, 6.07) is 4.62. The summed E-state index contributed by atoms with van der Waals surface area (Å²) in [5.41, 5.74) is 0.578. The molecule has 0 amide bonds. The fraction of sp³-hybridized carbons (Fsp3) is 0.588. The summed E-state index contributed by atoms with van der Waals surface area (Å²) < 4.78 is 13.4. The number of nitrogens with zero attached hydrogens (tertiary/aromatic N) is 1. The molecule has 0 radical (unpaired) electrons. The van der Waals surface area contributed by atoms with Gasteiger partial charge in [0.15, 0.2) is 11.6 Å². The van der Waals surface area contributed by atoms with Crippen molar-refractivity contribution in [1.82, 2.24) is 0 Å². The van der Waals surface area contributed by atoms with Crippen molar-refractivity contribution in [3.8, 4) is 5.75 Å². The zero-order valence-electron chi connectivity index (χ0n) is 11.6. The molecular weight excluding hydrogens is 253 g/mol. The van der Waals surface area contributed by atoms with Gasteiger partial charge in [-0.3, -0.25) is 4.99 Å². The smallest absolute Gasteiger partial charge is 0.165 e. The molecule has 4 saturated carbocycles. The van der Waals surface area contributed by atoms with Gasteiger partial charge in [-0.1, -0.05) is 6.07 Å². The highest BCUT2D eigenvalue weighted by Gasteiger charge is 2.50. The van der Waals surface area contributed by atoms with Crippen LogP contribution in [0.2, 0.25) is 0 Å². The van der Waals surface area contributed by atoms with Gasteiger partial charge < -0.3 is 5.11 Å². The van der Waals surface area contributed by atoms with E-state index in [4.69, 9.17) is 4.99 Å². The molecule has 3 heteroatoms. The number of benzene rings is 1. The number of para-hydroxylation sites is 1. The van der Waals surface area contributed by atoms with Crippen LogP contribution in [0.25, 0.3) is 0 Å². The van der Waals surface area contributed by atoms with Crippen LogP contribution in [0.1, 0.15) is 44.1 Å². The third-order valence-corrected chi connectivity index (χ3v) is 5.50. The number of hydrogen-bond donors (Lipinski definition) is 1. The Morgan fingerprint density at radius 2 is 1.70 bits per heavy atom. The standard InChI is InChI=1S/C17H20FNO/c18-15-3-1-2-14(16(15)20)10-19-17-7-11-4-12(8-17)6-13(5-11)9-17/h1-3,10-13,20H,4-9H2. The van der Waals surface area contributed by atoms with Crippen LogP contribution >= 0.6 is 0 Å². The number of rotatable bonds is 2. The average Bonchev–Trinajstić information content (AvgIpc) is 2.39. The van der Waals surface area contributed by atoms with Gasteiger partial charge in [-0.2, -0.15) is 0 Å². The molecule has 20 heavy (non-hydrogen) atoms. The molecule has 1 aromatic carbocycles. The van der Waals surface area contributed by atoms with Gasteiger partial charge in [0.05, 0.1) is 5.54 Å². The largest absolute Gasteiger partial charge is 0.504 e. The van der Waals surface area contributed by atoms with E-state index in [9.17, 15) is 9.50 Å². The first kappa shape index (κ1) is 12.4. The van der Waals surface area contributed by atoms with Gasteiger partial charge in [-0.05, 0) is 68.4 Å². The van der Waals surface area contributed by atoms with Crippen LogP contribution in [0.15, 0.2) is 23.2 Å². The molecule has 2 nitrogen and oxygen atoms in total. The van der Waals surface area contributed by atoms with E-state index in [-0.39, 0.29) is 11.3 Å². The van der Waals surface area contributed by atoms with Crippen LogP contribution in [0.5, 0.6) is 5.75 Å². The second kappa shape index (κ2) is 4.31. The van der Waals surface area contributed by atoms with E-state index < -0.39 is 5.82 Å². The maximum absolute atomic E-state index is 13.4. The van der Waals surface area contributed by atoms with Gasteiger partial charge in [0, 0.05) is 11.8 Å². The molecule has 0 heterocycles. The van der Waals surface area contributed by atoms with Crippen molar-refractivity contribution in [3.63, 3.8) is 0 Å². The Morgan fingerprint density at radius 1 is 1.10 bits per heavy atom. The first-order valence-electron chi connectivity index (χ1n) is 7.66. The number of hydrogen-bond acceptors (Lipinski definition) is 2. The van der Waals surface area contributed by atoms with Crippen molar-refractivity contribution in [2.24, 2.45) is 22.7 Å². The van der Waals surface area contributed by atoms with Crippen molar-refractivity contribution >= 4 is 6.21 Å². The molecule has 0 saturated heterocycles. The Kier molecular flexibility index (Phi) is 2.66. The highest BCUT2D eigenvalue weighted by molar-refractivity contribution is 5.83. The summed E-state index contributed by atoms with van der Waals surface area (Å²) in [7, 11) is 0. The molecule has 4 bridgehead atoms. The Balaban J connectivity index is 1.62. The van der Waals surface area contributed by atoms with E-state index in [1.165, 1.54) is 44.6 Å². The van der Waals surface area contributed by atoms with Gasteiger partial charge in [0.1, 0.15) is 0 Å². The summed E-state index contributed by atoms with van der Waals surface area (Å²) >= 11 is 0. The summed E-state index contributed by atoms with van der Waals surface area (Å²) in [5, 5.41) is 9.74. The topological polar surface area (TPSA) is 32.6 Å². The zero-order valence-corrected chi connectivity index (χ0v) is 11.6. The molecule has 5 rings (SSSR count). The van der Waals surface area contributed by atoms with Crippen molar-refractivity contribution in [2.75, 3.05) is 0 Å². The molecule has 1 aromatic rings. The zero-order chi connectivity index (χ0) is 13.7. The van der Waals surface area contributed by atoms with E-state index >= 15 is 0 Å². The van der Waals surface area contributed by atoms with Gasteiger partial charge in [-0.15, -0.1) is 0 Å². The molecule has 4 aliphatic rings. The molecular formula is C17H20FNO. The van der Waals surface area contributed by atoms with E-state index in [1.54, 1.807) is 18.3 Å². The van der Waals surface area contributed by atoms with Gasteiger partial charge >= 0.3 is 0 Å². The lowest BCUT2D eigenvalue weighted by Crippen LogP contribution is -2.49. The first-order chi connectivity index (χ1) is 9.63. The maximum Gasteiger partial charge on any atom is 0.165 e. The molecule has 0 aromatic heterocycles.